The molecule has 1 amide bonds. The molecule has 0 saturated heterocycles. The van der Waals surface area contributed by atoms with Crippen LogP contribution in [-0.2, 0) is 14.9 Å². The molecule has 0 rings (SSSR count). The summed E-state index contributed by atoms with van der Waals surface area (Å²) in [5.74, 6) is 0.0752. The molecule has 0 aliphatic heterocycles. The third-order valence-electron chi connectivity index (χ3n) is 2.15. The van der Waals surface area contributed by atoms with Crippen LogP contribution in [0.25, 0.3) is 0 Å². The van der Waals surface area contributed by atoms with E-state index in [1.165, 1.54) is 0 Å². The molecular formula is C10H23N3O4S. The van der Waals surface area contributed by atoms with E-state index in [0.29, 0.717) is 13.0 Å². The summed E-state index contributed by atoms with van der Waals surface area (Å²) in [6.45, 7) is 7.36. The van der Waals surface area contributed by atoms with Gasteiger partial charge in [0.05, 0.1) is 6.10 Å². The van der Waals surface area contributed by atoms with Crippen molar-refractivity contribution in [1.29, 1.82) is 0 Å². The zero-order valence-corrected chi connectivity index (χ0v) is 12.1. The van der Waals surface area contributed by atoms with Crippen molar-refractivity contribution in [3.05, 3.63) is 0 Å². The van der Waals surface area contributed by atoms with Crippen molar-refractivity contribution in [2.45, 2.75) is 46.3 Å². The summed E-state index contributed by atoms with van der Waals surface area (Å²) < 4.78 is 32.2. The van der Waals surface area contributed by atoms with Crippen molar-refractivity contribution < 1.29 is 17.9 Å². The van der Waals surface area contributed by atoms with Gasteiger partial charge in [0.2, 0.25) is 0 Å². The highest BCUT2D eigenvalue weighted by Crippen LogP contribution is 2.06. The maximum absolute atomic E-state index is 11.6. The Morgan fingerprint density at radius 1 is 1.28 bits per heavy atom. The molecular weight excluding hydrogens is 258 g/mol. The second kappa shape index (κ2) is 7.55. The second-order valence-corrected chi connectivity index (χ2v) is 6.05. The van der Waals surface area contributed by atoms with Gasteiger partial charge in [-0.1, -0.05) is 13.8 Å². The van der Waals surface area contributed by atoms with Gasteiger partial charge in [-0.2, -0.15) is 13.1 Å². The van der Waals surface area contributed by atoms with Crippen LogP contribution in [-0.4, -0.2) is 33.2 Å². The number of amides is 1. The zero-order valence-electron chi connectivity index (χ0n) is 11.3. The molecule has 8 heteroatoms. The normalized spacial score (nSPS) is 13.7. The SMILES string of the molecule is CC(C)OC(=O)NS(=O)(=O)NC(CCN)C(C)C. The fourth-order valence-electron chi connectivity index (χ4n) is 1.28. The lowest BCUT2D eigenvalue weighted by Crippen LogP contribution is -2.48. The van der Waals surface area contributed by atoms with Crippen molar-refractivity contribution >= 4 is 16.3 Å². The minimum atomic E-state index is -3.92. The molecule has 1 atom stereocenters. The maximum Gasteiger partial charge on any atom is 0.422 e. The second-order valence-electron chi connectivity index (χ2n) is 4.61. The Balaban J connectivity index is 4.49. The van der Waals surface area contributed by atoms with Gasteiger partial charge in [0.15, 0.2) is 0 Å². The number of hydrogen-bond acceptors (Lipinski definition) is 5. The Morgan fingerprint density at radius 2 is 1.83 bits per heavy atom. The summed E-state index contributed by atoms with van der Waals surface area (Å²) in [6, 6.07) is -0.320. The molecule has 4 N–H and O–H groups in total. The van der Waals surface area contributed by atoms with Crippen LogP contribution in [0, 0.1) is 5.92 Å². The van der Waals surface area contributed by atoms with Crippen LogP contribution in [0.15, 0.2) is 0 Å². The molecule has 0 bridgehead atoms. The highest BCUT2D eigenvalue weighted by atomic mass is 32.2. The average molecular weight is 281 g/mol. The van der Waals surface area contributed by atoms with E-state index in [-0.39, 0.29) is 18.1 Å². The maximum atomic E-state index is 11.6. The average Bonchev–Trinajstić information content (AvgIpc) is 2.13. The lowest BCUT2D eigenvalue weighted by atomic mass is 10.0. The van der Waals surface area contributed by atoms with Crippen molar-refractivity contribution in [1.82, 2.24) is 9.44 Å². The Bertz CT molecular complexity index is 354. The summed E-state index contributed by atoms with van der Waals surface area (Å²) in [5, 5.41) is 0. The highest BCUT2D eigenvalue weighted by Gasteiger charge is 2.22. The molecule has 18 heavy (non-hydrogen) atoms. The lowest BCUT2D eigenvalue weighted by Gasteiger charge is -2.21. The molecule has 0 radical (unpaired) electrons. The van der Waals surface area contributed by atoms with E-state index in [2.05, 4.69) is 4.72 Å². The topological polar surface area (TPSA) is 111 Å². The number of carbonyl (C=O) groups excluding carboxylic acids is 1. The first-order valence-electron chi connectivity index (χ1n) is 5.88. The number of hydrogen-bond donors (Lipinski definition) is 3. The molecule has 0 aromatic carbocycles. The first-order valence-corrected chi connectivity index (χ1v) is 7.37. The fraction of sp³-hybridized carbons (Fsp3) is 0.900. The smallest absolute Gasteiger partial charge is 0.422 e. The van der Waals surface area contributed by atoms with Gasteiger partial charge in [-0.15, -0.1) is 0 Å². The number of ether oxygens (including phenoxy) is 1. The Morgan fingerprint density at radius 3 is 2.22 bits per heavy atom. The minimum Gasteiger partial charge on any atom is -0.446 e. The van der Waals surface area contributed by atoms with Crippen LogP contribution in [0.3, 0.4) is 0 Å². The molecule has 0 fully saturated rings. The molecule has 0 aromatic heterocycles. The standard InChI is InChI=1S/C10H23N3O4S/c1-7(2)9(5-6-11)12-18(15,16)13-10(14)17-8(3)4/h7-9,12H,5-6,11H2,1-4H3,(H,13,14). The molecule has 0 heterocycles. The van der Waals surface area contributed by atoms with Gasteiger partial charge in [-0.3, -0.25) is 0 Å². The quantitative estimate of drug-likeness (QED) is 0.623. The minimum absolute atomic E-state index is 0.0752. The third kappa shape index (κ3) is 7.46. The predicted molar refractivity (Wildman–Crippen MR) is 69.1 cm³/mol. The number of nitrogens with one attached hydrogen (secondary N) is 2. The van der Waals surface area contributed by atoms with Gasteiger partial charge in [-0.05, 0) is 32.7 Å². The van der Waals surface area contributed by atoms with Gasteiger partial charge in [0.25, 0.3) is 0 Å². The molecule has 0 aliphatic carbocycles. The molecule has 0 spiro atoms. The first kappa shape index (κ1) is 17.1. The van der Waals surface area contributed by atoms with Crippen LogP contribution >= 0.6 is 0 Å². The van der Waals surface area contributed by atoms with E-state index >= 15 is 0 Å². The van der Waals surface area contributed by atoms with E-state index in [9.17, 15) is 13.2 Å². The van der Waals surface area contributed by atoms with Crippen LogP contribution in [0.2, 0.25) is 0 Å². The fourth-order valence-corrected chi connectivity index (χ4v) is 2.40. The van der Waals surface area contributed by atoms with Crippen molar-refractivity contribution in [3.8, 4) is 0 Å². The van der Waals surface area contributed by atoms with E-state index < -0.39 is 16.3 Å². The monoisotopic (exact) mass is 281 g/mol. The van der Waals surface area contributed by atoms with Gasteiger partial charge in [-0.25, -0.2) is 9.52 Å². The van der Waals surface area contributed by atoms with Gasteiger partial charge >= 0.3 is 16.3 Å². The van der Waals surface area contributed by atoms with Gasteiger partial charge in [0.1, 0.15) is 0 Å². The summed E-state index contributed by atoms with van der Waals surface area (Å²) >= 11 is 0. The number of rotatable bonds is 7. The molecule has 0 aliphatic rings. The Hall–Kier alpha value is -0.860. The number of nitrogens with two attached hydrogens (primary N) is 1. The van der Waals surface area contributed by atoms with Gasteiger partial charge < -0.3 is 10.5 Å². The Labute approximate surface area is 109 Å². The summed E-state index contributed by atoms with van der Waals surface area (Å²) in [5.41, 5.74) is 5.41. The predicted octanol–water partition coefficient (Wildman–Crippen LogP) is 0.329. The van der Waals surface area contributed by atoms with Crippen LogP contribution in [0.5, 0.6) is 0 Å². The molecule has 1 unspecified atom stereocenters. The van der Waals surface area contributed by atoms with E-state index in [1.807, 2.05) is 13.8 Å². The largest absolute Gasteiger partial charge is 0.446 e. The zero-order chi connectivity index (χ0) is 14.3. The summed E-state index contributed by atoms with van der Waals surface area (Å²) in [4.78, 5) is 11.2. The molecule has 0 saturated carbocycles. The molecule has 7 nitrogen and oxygen atoms in total. The summed E-state index contributed by atoms with van der Waals surface area (Å²) in [7, 11) is -3.92. The third-order valence-corrected chi connectivity index (χ3v) is 3.20. The molecule has 0 aromatic rings. The van der Waals surface area contributed by atoms with Gasteiger partial charge in [0, 0.05) is 6.04 Å². The number of carbonyl (C=O) groups is 1. The van der Waals surface area contributed by atoms with Crippen LogP contribution in [0.4, 0.5) is 4.79 Å². The summed E-state index contributed by atoms with van der Waals surface area (Å²) in [6.07, 6.45) is -0.879. The van der Waals surface area contributed by atoms with Crippen molar-refractivity contribution in [3.63, 3.8) is 0 Å². The van der Waals surface area contributed by atoms with E-state index in [0.717, 1.165) is 0 Å². The van der Waals surface area contributed by atoms with E-state index in [1.54, 1.807) is 18.6 Å². The highest BCUT2D eigenvalue weighted by molar-refractivity contribution is 7.88. The lowest BCUT2D eigenvalue weighted by molar-refractivity contribution is 0.121. The van der Waals surface area contributed by atoms with Crippen molar-refractivity contribution in [2.75, 3.05) is 6.54 Å². The van der Waals surface area contributed by atoms with E-state index in [4.69, 9.17) is 10.5 Å². The van der Waals surface area contributed by atoms with Crippen molar-refractivity contribution in [2.24, 2.45) is 11.7 Å². The van der Waals surface area contributed by atoms with Crippen LogP contribution in [0.1, 0.15) is 34.1 Å². The molecule has 108 valence electrons. The first-order chi connectivity index (χ1) is 8.18. The van der Waals surface area contributed by atoms with Crippen LogP contribution < -0.4 is 15.2 Å². The Kier molecular flexibility index (Phi) is 7.19.